The summed E-state index contributed by atoms with van der Waals surface area (Å²) in [6.45, 7) is 2.21. The van der Waals surface area contributed by atoms with Crippen LogP contribution in [0.5, 0.6) is 0 Å². The minimum absolute atomic E-state index is 0.0373. The van der Waals surface area contributed by atoms with Crippen molar-refractivity contribution in [2.24, 2.45) is 0 Å². The van der Waals surface area contributed by atoms with E-state index in [0.29, 0.717) is 32.6 Å². The fraction of sp³-hybridized carbons (Fsp3) is 0.571. The van der Waals surface area contributed by atoms with Gasteiger partial charge in [0.05, 0.1) is 0 Å². The lowest BCUT2D eigenvalue weighted by Gasteiger charge is -2.35. The zero-order valence-electron chi connectivity index (χ0n) is 12.3. The molecule has 2 saturated heterocycles. The Morgan fingerprint density at radius 2 is 2.09 bits per heavy atom. The van der Waals surface area contributed by atoms with E-state index in [2.05, 4.69) is 15.2 Å². The molecule has 2 atom stereocenters. The molecule has 23 heavy (non-hydrogen) atoms. The molecule has 1 aromatic rings. The van der Waals surface area contributed by atoms with Gasteiger partial charge in [-0.1, -0.05) is 6.07 Å². The molecule has 2 N–H and O–H groups in total. The number of fused-ring (bicyclic) bond motifs is 1. The first-order valence-electron chi connectivity index (χ1n) is 7.35. The minimum Gasteiger partial charge on any atom is -0.465 e. The molecule has 2 aliphatic rings. The molecular formula is C14H17F3N4O2. The smallest absolute Gasteiger partial charge is 0.433 e. The van der Waals surface area contributed by atoms with Gasteiger partial charge in [0.25, 0.3) is 0 Å². The summed E-state index contributed by atoms with van der Waals surface area (Å²) >= 11 is 0. The van der Waals surface area contributed by atoms with Gasteiger partial charge < -0.3 is 15.3 Å². The van der Waals surface area contributed by atoms with E-state index in [4.69, 9.17) is 5.11 Å². The molecule has 1 amide bonds. The van der Waals surface area contributed by atoms with Gasteiger partial charge in [0.15, 0.2) is 0 Å². The van der Waals surface area contributed by atoms with Crippen LogP contribution < -0.4 is 5.32 Å². The summed E-state index contributed by atoms with van der Waals surface area (Å²) in [5, 5.41) is 12.1. The van der Waals surface area contributed by atoms with Crippen molar-refractivity contribution >= 4 is 11.9 Å². The summed E-state index contributed by atoms with van der Waals surface area (Å²) < 4.78 is 38.0. The summed E-state index contributed by atoms with van der Waals surface area (Å²) in [5.41, 5.74) is -0.921. The van der Waals surface area contributed by atoms with Gasteiger partial charge in [0.1, 0.15) is 11.5 Å². The Bertz CT molecular complexity index is 596. The first-order chi connectivity index (χ1) is 10.8. The van der Waals surface area contributed by atoms with Crippen LogP contribution in [0.25, 0.3) is 0 Å². The Morgan fingerprint density at radius 1 is 1.30 bits per heavy atom. The highest BCUT2D eigenvalue weighted by Gasteiger charge is 2.38. The maximum atomic E-state index is 12.7. The highest BCUT2D eigenvalue weighted by molar-refractivity contribution is 5.65. The van der Waals surface area contributed by atoms with Crippen molar-refractivity contribution in [1.29, 1.82) is 0 Å². The van der Waals surface area contributed by atoms with E-state index in [1.165, 1.54) is 17.0 Å². The van der Waals surface area contributed by atoms with E-state index in [-0.39, 0.29) is 17.9 Å². The van der Waals surface area contributed by atoms with Crippen LogP contribution in [0, 0.1) is 0 Å². The highest BCUT2D eigenvalue weighted by atomic mass is 19.4. The topological polar surface area (TPSA) is 68.7 Å². The van der Waals surface area contributed by atoms with Crippen molar-refractivity contribution in [3.05, 3.63) is 23.9 Å². The van der Waals surface area contributed by atoms with Crippen LogP contribution >= 0.6 is 0 Å². The average molecular weight is 330 g/mol. The molecule has 6 nitrogen and oxygen atoms in total. The average Bonchev–Trinajstić information content (AvgIpc) is 2.87. The summed E-state index contributed by atoms with van der Waals surface area (Å²) in [6.07, 6.45) is -4.71. The van der Waals surface area contributed by atoms with E-state index in [9.17, 15) is 18.0 Å². The van der Waals surface area contributed by atoms with Gasteiger partial charge >= 0.3 is 12.3 Å². The second-order valence-corrected chi connectivity index (χ2v) is 5.86. The summed E-state index contributed by atoms with van der Waals surface area (Å²) in [6, 6.07) is 3.84. The van der Waals surface area contributed by atoms with E-state index in [1.807, 2.05) is 0 Å². The molecule has 9 heteroatoms. The summed E-state index contributed by atoms with van der Waals surface area (Å²) in [7, 11) is 0. The molecule has 0 aromatic carbocycles. The standard InChI is InChI=1S/C14H17F3N4O2/c15-14(16,17)11-2-1-3-12(19-11)18-9-6-10-8-21(13(22)23)5-4-20(10)7-9/h1-3,9-10H,4-8H2,(H,18,19)(H,22,23)/t9-,10-/m0/s1. The number of pyridine rings is 1. The van der Waals surface area contributed by atoms with Gasteiger partial charge in [-0.2, -0.15) is 13.2 Å². The number of carbonyl (C=O) groups is 1. The quantitative estimate of drug-likeness (QED) is 0.867. The minimum atomic E-state index is -4.47. The van der Waals surface area contributed by atoms with Crippen molar-refractivity contribution in [1.82, 2.24) is 14.8 Å². The number of halogens is 3. The predicted molar refractivity (Wildman–Crippen MR) is 76.2 cm³/mol. The van der Waals surface area contributed by atoms with E-state index in [1.54, 1.807) is 0 Å². The van der Waals surface area contributed by atoms with Crippen LogP contribution in [-0.2, 0) is 6.18 Å². The van der Waals surface area contributed by atoms with Crippen LogP contribution in [0.4, 0.5) is 23.8 Å². The second-order valence-electron chi connectivity index (χ2n) is 5.86. The molecule has 0 aliphatic carbocycles. The van der Waals surface area contributed by atoms with Crippen molar-refractivity contribution in [3.63, 3.8) is 0 Å². The lowest BCUT2D eigenvalue weighted by molar-refractivity contribution is -0.141. The fourth-order valence-electron chi connectivity index (χ4n) is 3.20. The number of rotatable bonds is 2. The fourth-order valence-corrected chi connectivity index (χ4v) is 3.20. The van der Waals surface area contributed by atoms with Crippen LogP contribution in [0.3, 0.4) is 0 Å². The molecule has 0 unspecified atom stereocenters. The van der Waals surface area contributed by atoms with E-state index in [0.717, 1.165) is 6.07 Å². The van der Waals surface area contributed by atoms with Gasteiger partial charge in [-0.05, 0) is 18.6 Å². The largest absolute Gasteiger partial charge is 0.465 e. The van der Waals surface area contributed by atoms with E-state index < -0.39 is 18.0 Å². The number of nitrogens with one attached hydrogen (secondary N) is 1. The number of carboxylic acid groups (broad SMARTS) is 1. The molecule has 0 radical (unpaired) electrons. The Hall–Kier alpha value is -2.03. The SMILES string of the molecule is O=C(O)N1CCN2C[C@@H](Nc3cccc(C(F)(F)F)n3)C[C@H]2C1. The maximum Gasteiger partial charge on any atom is 0.433 e. The molecular weight excluding hydrogens is 313 g/mol. The predicted octanol–water partition coefficient (Wildman–Crippen LogP) is 1.95. The lowest BCUT2D eigenvalue weighted by atomic mass is 10.1. The Kier molecular flexibility index (Phi) is 4.05. The zero-order chi connectivity index (χ0) is 16.6. The number of aromatic nitrogens is 1. The van der Waals surface area contributed by atoms with Gasteiger partial charge in [0.2, 0.25) is 0 Å². The molecule has 2 aliphatic heterocycles. The number of nitrogens with zero attached hydrogens (tertiary/aromatic N) is 3. The number of amides is 1. The third-order valence-corrected chi connectivity index (χ3v) is 4.28. The van der Waals surface area contributed by atoms with Crippen LogP contribution in [0.1, 0.15) is 12.1 Å². The number of hydrogen-bond acceptors (Lipinski definition) is 4. The molecule has 3 rings (SSSR count). The third kappa shape index (κ3) is 3.49. The molecule has 2 fully saturated rings. The molecule has 1 aromatic heterocycles. The molecule has 126 valence electrons. The normalized spacial score (nSPS) is 25.3. The monoisotopic (exact) mass is 330 g/mol. The first kappa shape index (κ1) is 15.9. The number of anilines is 1. The number of alkyl halides is 3. The third-order valence-electron chi connectivity index (χ3n) is 4.28. The maximum absolute atomic E-state index is 12.7. The van der Waals surface area contributed by atoms with Gasteiger partial charge in [-0.3, -0.25) is 4.90 Å². The summed E-state index contributed by atoms with van der Waals surface area (Å²) in [5.74, 6) is 0.194. The lowest BCUT2D eigenvalue weighted by Crippen LogP contribution is -2.51. The molecule has 0 saturated carbocycles. The molecule has 0 spiro atoms. The van der Waals surface area contributed by atoms with Gasteiger partial charge in [-0.15, -0.1) is 0 Å². The molecule has 0 bridgehead atoms. The van der Waals surface area contributed by atoms with Crippen molar-refractivity contribution in [2.45, 2.75) is 24.7 Å². The zero-order valence-corrected chi connectivity index (χ0v) is 12.3. The highest BCUT2D eigenvalue weighted by Crippen LogP contribution is 2.29. The van der Waals surface area contributed by atoms with Crippen molar-refractivity contribution < 1.29 is 23.1 Å². The molecule has 3 heterocycles. The number of piperazine rings is 1. The van der Waals surface area contributed by atoms with Crippen LogP contribution in [-0.4, -0.2) is 64.2 Å². The van der Waals surface area contributed by atoms with Crippen LogP contribution in [0.2, 0.25) is 0 Å². The van der Waals surface area contributed by atoms with E-state index >= 15 is 0 Å². The van der Waals surface area contributed by atoms with Crippen molar-refractivity contribution in [2.75, 3.05) is 31.5 Å². The second kappa shape index (κ2) is 5.88. The van der Waals surface area contributed by atoms with Gasteiger partial charge in [-0.25, -0.2) is 9.78 Å². The Balaban J connectivity index is 1.63. The Labute approximate surface area is 130 Å². The first-order valence-corrected chi connectivity index (χ1v) is 7.35. The summed E-state index contributed by atoms with van der Waals surface area (Å²) in [4.78, 5) is 18.2. The van der Waals surface area contributed by atoms with Gasteiger partial charge in [0, 0.05) is 38.3 Å². The van der Waals surface area contributed by atoms with Crippen LogP contribution in [0.15, 0.2) is 18.2 Å². The number of hydrogen-bond donors (Lipinski definition) is 2. The Morgan fingerprint density at radius 3 is 2.78 bits per heavy atom. The van der Waals surface area contributed by atoms with Crippen molar-refractivity contribution in [3.8, 4) is 0 Å².